The predicted molar refractivity (Wildman–Crippen MR) is 137 cm³/mol. The number of hydrogen-bond donors (Lipinski definition) is 1. The van der Waals surface area contributed by atoms with Crippen molar-refractivity contribution in [3.05, 3.63) is 88.2 Å². The maximum absolute atomic E-state index is 13.0. The molecule has 37 heavy (non-hydrogen) atoms. The van der Waals surface area contributed by atoms with Crippen LogP contribution in [0.4, 0.5) is 0 Å². The van der Waals surface area contributed by atoms with E-state index < -0.39 is 11.9 Å². The zero-order valence-electron chi connectivity index (χ0n) is 20.9. The van der Waals surface area contributed by atoms with E-state index in [9.17, 15) is 14.7 Å². The lowest BCUT2D eigenvalue weighted by Gasteiger charge is -2.21. The summed E-state index contributed by atoms with van der Waals surface area (Å²) in [6, 6.07) is 13.3. The molecule has 2 aromatic carbocycles. The maximum atomic E-state index is 13.0. The molecule has 1 atom stereocenters. The van der Waals surface area contributed by atoms with Crippen LogP contribution < -0.4 is 0 Å². The van der Waals surface area contributed by atoms with Gasteiger partial charge in [0.05, 0.1) is 18.5 Å². The van der Waals surface area contributed by atoms with Gasteiger partial charge in [0.2, 0.25) is 0 Å². The van der Waals surface area contributed by atoms with Crippen molar-refractivity contribution < 1.29 is 19.4 Å². The Morgan fingerprint density at radius 1 is 1.14 bits per heavy atom. The molecule has 4 aliphatic rings. The molecule has 0 aliphatic carbocycles. The van der Waals surface area contributed by atoms with E-state index in [1.807, 2.05) is 54.1 Å². The first-order chi connectivity index (χ1) is 17.9. The fraction of sp³-hybridized carbons (Fsp3) is 0.321. The summed E-state index contributed by atoms with van der Waals surface area (Å²) in [5.74, 6) is -1.43. The molecular formula is C28H29N5O4. The predicted octanol–water partition coefficient (Wildman–Crippen LogP) is 3.93. The minimum absolute atomic E-state index is 0.0932. The second kappa shape index (κ2) is 10.5. The van der Waals surface area contributed by atoms with E-state index in [1.54, 1.807) is 24.3 Å². The molecule has 6 heterocycles. The van der Waals surface area contributed by atoms with Crippen LogP contribution in [0.5, 0.6) is 0 Å². The van der Waals surface area contributed by atoms with E-state index in [4.69, 9.17) is 4.74 Å². The van der Waals surface area contributed by atoms with Gasteiger partial charge in [-0.15, -0.1) is 5.10 Å². The molecule has 8 bridgehead atoms. The lowest BCUT2D eigenvalue weighted by molar-refractivity contribution is -0.137. The first-order valence-corrected chi connectivity index (χ1v) is 12.3. The molecule has 1 N–H and O–H groups in total. The number of carboxylic acids is 1. The van der Waals surface area contributed by atoms with Crippen molar-refractivity contribution in [3.63, 3.8) is 0 Å². The number of hydrogen-bond acceptors (Lipinski definition) is 6. The summed E-state index contributed by atoms with van der Waals surface area (Å²) in [6.07, 6.45) is 4.08. The van der Waals surface area contributed by atoms with Crippen LogP contribution in [0.3, 0.4) is 0 Å². The van der Waals surface area contributed by atoms with E-state index in [0.717, 1.165) is 45.3 Å². The molecule has 0 fully saturated rings. The van der Waals surface area contributed by atoms with Gasteiger partial charge in [0, 0.05) is 50.6 Å². The van der Waals surface area contributed by atoms with Crippen LogP contribution in [0.1, 0.15) is 56.9 Å². The highest BCUT2D eigenvalue weighted by molar-refractivity contribution is 5.94. The SMILES string of the molecule is Cc1c2ccc3c1nnn3CCCOCc1ccc(cc1)C(=O)N(C)Cc1cncc(c1)[C@@H]2CC(=O)O. The van der Waals surface area contributed by atoms with E-state index in [-0.39, 0.29) is 12.3 Å². The molecule has 190 valence electrons. The zero-order valence-corrected chi connectivity index (χ0v) is 20.9. The van der Waals surface area contributed by atoms with Crippen LogP contribution in [0.25, 0.3) is 11.0 Å². The highest BCUT2D eigenvalue weighted by atomic mass is 16.5. The summed E-state index contributed by atoms with van der Waals surface area (Å²) in [4.78, 5) is 31.0. The molecular weight excluding hydrogens is 470 g/mol. The van der Waals surface area contributed by atoms with Gasteiger partial charge in [0.15, 0.2) is 0 Å². The lowest BCUT2D eigenvalue weighted by atomic mass is 9.86. The number of nitrogens with zero attached hydrogens (tertiary/aromatic N) is 5. The largest absolute Gasteiger partial charge is 0.481 e. The highest BCUT2D eigenvalue weighted by Gasteiger charge is 2.23. The van der Waals surface area contributed by atoms with Gasteiger partial charge in [-0.25, -0.2) is 4.68 Å². The van der Waals surface area contributed by atoms with Crippen LogP contribution >= 0.6 is 0 Å². The molecule has 0 saturated carbocycles. The van der Waals surface area contributed by atoms with Gasteiger partial charge in [-0.1, -0.05) is 29.5 Å². The number of aromatic nitrogens is 4. The Balaban J connectivity index is 1.57. The minimum Gasteiger partial charge on any atom is -0.481 e. The van der Waals surface area contributed by atoms with E-state index in [2.05, 4.69) is 15.3 Å². The Labute approximate surface area is 214 Å². The fourth-order valence-corrected chi connectivity index (χ4v) is 4.91. The van der Waals surface area contributed by atoms with Gasteiger partial charge in [0.25, 0.3) is 5.91 Å². The number of ether oxygens (including phenoxy) is 1. The highest BCUT2D eigenvalue weighted by Crippen LogP contribution is 2.33. The third-order valence-electron chi connectivity index (χ3n) is 6.85. The van der Waals surface area contributed by atoms with Gasteiger partial charge < -0.3 is 14.7 Å². The number of benzene rings is 2. The second-order valence-electron chi connectivity index (χ2n) is 9.50. The number of carbonyl (C=O) groups is 2. The van der Waals surface area contributed by atoms with Crippen molar-refractivity contribution in [2.24, 2.45) is 0 Å². The Morgan fingerprint density at radius 3 is 2.73 bits per heavy atom. The topological polar surface area (TPSA) is 110 Å². The normalized spacial score (nSPS) is 16.9. The lowest BCUT2D eigenvalue weighted by Crippen LogP contribution is -2.26. The zero-order chi connectivity index (χ0) is 25.9. The summed E-state index contributed by atoms with van der Waals surface area (Å²) in [6.45, 7) is 3.98. The van der Waals surface area contributed by atoms with Crippen LogP contribution in [-0.4, -0.2) is 55.5 Å². The third kappa shape index (κ3) is 5.22. The number of amides is 1. The van der Waals surface area contributed by atoms with Crippen LogP contribution in [0.15, 0.2) is 54.9 Å². The number of carbonyl (C=O) groups excluding carboxylic acids is 1. The van der Waals surface area contributed by atoms with Gasteiger partial charge in [-0.05, 0) is 59.4 Å². The average molecular weight is 500 g/mol. The third-order valence-corrected chi connectivity index (χ3v) is 6.85. The molecule has 8 rings (SSSR count). The first kappa shape index (κ1) is 24.6. The van der Waals surface area contributed by atoms with E-state index >= 15 is 0 Å². The summed E-state index contributed by atoms with van der Waals surface area (Å²) in [5.41, 5.74) is 6.64. The van der Waals surface area contributed by atoms with Crippen LogP contribution in [0, 0.1) is 6.92 Å². The average Bonchev–Trinajstić information content (AvgIpc) is 3.31. The van der Waals surface area contributed by atoms with Crippen molar-refractivity contribution in [1.82, 2.24) is 24.9 Å². The smallest absolute Gasteiger partial charge is 0.304 e. The Bertz CT molecular complexity index is 1450. The van der Waals surface area contributed by atoms with Crippen molar-refractivity contribution in [2.75, 3.05) is 13.7 Å². The number of aliphatic carboxylic acids is 1. The molecule has 0 saturated heterocycles. The monoisotopic (exact) mass is 499 g/mol. The van der Waals surface area contributed by atoms with Gasteiger partial charge in [-0.3, -0.25) is 14.6 Å². The molecule has 4 aliphatic heterocycles. The van der Waals surface area contributed by atoms with E-state index in [0.29, 0.717) is 31.9 Å². The number of pyridine rings is 1. The number of aryl methyl sites for hydroxylation is 2. The van der Waals surface area contributed by atoms with Crippen LogP contribution in [0.2, 0.25) is 0 Å². The Hall–Kier alpha value is -4.11. The Kier molecular flexibility index (Phi) is 6.96. The quantitative estimate of drug-likeness (QED) is 0.445. The molecule has 9 nitrogen and oxygen atoms in total. The summed E-state index contributed by atoms with van der Waals surface area (Å²) < 4.78 is 7.71. The molecule has 0 unspecified atom stereocenters. The molecule has 0 spiro atoms. The standard InChI is InChI=1S/C28H29N5O4/c1-18-23-8-9-25-27(18)30-31-33(25)10-3-11-37-17-19-4-6-21(7-5-19)28(36)32(2)16-20-12-22(15-29-14-20)24(23)13-26(34)35/h4-9,12,14-15,24H,3,10-11,13,16-17H2,1-2H3,(H,34,35)/t24-/m0/s1. The molecule has 9 heteroatoms. The van der Waals surface area contributed by atoms with Crippen molar-refractivity contribution >= 4 is 22.9 Å². The molecule has 0 radical (unpaired) electrons. The summed E-state index contributed by atoms with van der Waals surface area (Å²) >= 11 is 0. The van der Waals surface area contributed by atoms with Crippen molar-refractivity contribution in [2.45, 2.75) is 45.4 Å². The fourth-order valence-electron chi connectivity index (χ4n) is 4.91. The van der Waals surface area contributed by atoms with Crippen molar-refractivity contribution in [1.29, 1.82) is 0 Å². The van der Waals surface area contributed by atoms with E-state index in [1.165, 1.54) is 0 Å². The number of rotatable bonds is 2. The van der Waals surface area contributed by atoms with Gasteiger partial charge in [0.1, 0.15) is 5.52 Å². The minimum atomic E-state index is -0.903. The van der Waals surface area contributed by atoms with Crippen LogP contribution in [-0.2, 0) is 29.2 Å². The Morgan fingerprint density at radius 2 is 1.95 bits per heavy atom. The second-order valence-corrected chi connectivity index (χ2v) is 9.50. The summed E-state index contributed by atoms with van der Waals surface area (Å²) in [7, 11) is 1.75. The number of carboxylic acid groups (broad SMARTS) is 1. The van der Waals surface area contributed by atoms with Gasteiger partial charge in [-0.2, -0.15) is 0 Å². The summed E-state index contributed by atoms with van der Waals surface area (Å²) in [5, 5.41) is 18.5. The van der Waals surface area contributed by atoms with Gasteiger partial charge >= 0.3 is 5.97 Å². The molecule has 4 aromatic rings. The molecule has 2 aromatic heterocycles. The molecule has 1 amide bonds. The van der Waals surface area contributed by atoms with Crippen molar-refractivity contribution in [3.8, 4) is 0 Å². The first-order valence-electron chi connectivity index (χ1n) is 12.3. The maximum Gasteiger partial charge on any atom is 0.304 e.